The summed E-state index contributed by atoms with van der Waals surface area (Å²) in [5, 5.41) is 18.7. The maximum absolute atomic E-state index is 11.1. The van der Waals surface area contributed by atoms with Crippen LogP contribution in [0.25, 0.3) is 0 Å². The Hall–Kier alpha value is -1.62. The molecule has 0 heterocycles. The Morgan fingerprint density at radius 3 is 1.69 bits per heavy atom. The van der Waals surface area contributed by atoms with Gasteiger partial charge in [-0.3, -0.25) is 0 Å². The molecule has 2 aromatic rings. The molecule has 0 fully saturated rings. The highest BCUT2D eigenvalue weighted by Crippen LogP contribution is 2.29. The number of ether oxygens (including phenoxy) is 2. The highest BCUT2D eigenvalue weighted by molar-refractivity contribution is 9.93. The van der Waals surface area contributed by atoms with Gasteiger partial charge in [-0.25, -0.2) is 9.59 Å². The smallest absolute Gasteiger partial charge is 0.338 e. The van der Waals surface area contributed by atoms with E-state index in [1.165, 1.54) is 20.3 Å². The second kappa shape index (κ2) is 16.1. The number of phenols is 2. The molecule has 180 valence electrons. The summed E-state index contributed by atoms with van der Waals surface area (Å²) in [5.41, 5.74) is 7.19. The monoisotopic (exact) mass is 641 g/mol. The van der Waals surface area contributed by atoms with Crippen molar-refractivity contribution in [2.24, 2.45) is 5.73 Å². The summed E-state index contributed by atoms with van der Waals surface area (Å²) in [4.78, 5) is 22.2. The van der Waals surface area contributed by atoms with Crippen LogP contribution in [0.2, 0.25) is 0 Å². The molecular formula is C22H30Br3NO6. The molecule has 0 saturated carbocycles. The van der Waals surface area contributed by atoms with Crippen molar-refractivity contribution < 1.29 is 29.3 Å². The van der Waals surface area contributed by atoms with Gasteiger partial charge in [0, 0.05) is 44.9 Å². The van der Waals surface area contributed by atoms with Gasteiger partial charge in [-0.05, 0) is 74.8 Å². The van der Waals surface area contributed by atoms with E-state index < -0.39 is 11.9 Å². The number of nitrogens with two attached hydrogens (primary N) is 1. The molecular weight excluding hydrogens is 614 g/mol. The first-order valence-corrected chi connectivity index (χ1v) is 13.6. The van der Waals surface area contributed by atoms with Crippen molar-refractivity contribution in [3.8, 4) is 11.5 Å². The van der Waals surface area contributed by atoms with E-state index in [2.05, 4.69) is 53.7 Å². The molecule has 0 aliphatic heterocycles. The van der Waals surface area contributed by atoms with E-state index in [0.717, 1.165) is 0 Å². The molecule has 0 aliphatic rings. The number of hydrogen-bond acceptors (Lipinski definition) is 7. The van der Waals surface area contributed by atoms with E-state index >= 15 is 0 Å². The van der Waals surface area contributed by atoms with E-state index in [1.807, 2.05) is 20.8 Å². The molecule has 0 spiro atoms. The zero-order chi connectivity index (χ0) is 25.6. The number of carbonyl (C=O) groups is 2. The van der Waals surface area contributed by atoms with Gasteiger partial charge in [0.05, 0.1) is 29.8 Å². The lowest BCUT2D eigenvalue weighted by molar-refractivity contribution is 0.0590. The van der Waals surface area contributed by atoms with Gasteiger partial charge in [0.1, 0.15) is 11.5 Å². The molecule has 0 radical (unpaired) electrons. The van der Waals surface area contributed by atoms with Crippen LogP contribution in [-0.4, -0.2) is 41.9 Å². The molecule has 0 saturated heterocycles. The Balaban J connectivity index is 0. The summed E-state index contributed by atoms with van der Waals surface area (Å²) in [6, 6.07) is 7.96. The van der Waals surface area contributed by atoms with Gasteiger partial charge in [0.15, 0.2) is 0 Å². The zero-order valence-corrected chi connectivity index (χ0v) is 23.9. The Morgan fingerprint density at radius 2 is 1.28 bits per heavy atom. The van der Waals surface area contributed by atoms with E-state index in [0.29, 0.717) is 26.7 Å². The normalized spacial score (nSPS) is 9.59. The Kier molecular flexibility index (Phi) is 16.3. The molecule has 2 rings (SSSR count). The van der Waals surface area contributed by atoms with Crippen LogP contribution in [0.15, 0.2) is 34.8 Å². The van der Waals surface area contributed by atoms with Gasteiger partial charge in [0.2, 0.25) is 0 Å². The highest BCUT2D eigenvalue weighted by atomic mass is 80.9. The fourth-order valence-electron chi connectivity index (χ4n) is 1.95. The van der Waals surface area contributed by atoms with Crippen molar-refractivity contribution in [2.45, 2.75) is 40.2 Å². The predicted molar refractivity (Wildman–Crippen MR) is 138 cm³/mol. The lowest BCUT2D eigenvalue weighted by atomic mass is 10.1. The predicted octanol–water partition coefficient (Wildman–Crippen LogP) is 6.17. The fourth-order valence-corrected chi connectivity index (χ4v) is 2.38. The highest BCUT2D eigenvalue weighted by Gasteiger charge is 2.13. The lowest BCUT2D eigenvalue weighted by Crippen LogP contribution is -2.26. The van der Waals surface area contributed by atoms with Crippen molar-refractivity contribution >= 4 is 56.1 Å². The van der Waals surface area contributed by atoms with E-state index in [1.54, 1.807) is 38.1 Å². The maximum atomic E-state index is 11.1. The van der Waals surface area contributed by atoms with Gasteiger partial charge in [-0.1, -0.05) is 6.07 Å². The summed E-state index contributed by atoms with van der Waals surface area (Å²) in [5.74, 6) is -0.690. The van der Waals surface area contributed by atoms with Crippen LogP contribution in [0.5, 0.6) is 11.5 Å². The lowest BCUT2D eigenvalue weighted by Gasteiger charge is -2.06. The summed E-state index contributed by atoms with van der Waals surface area (Å²) < 4.78 is 9.64. The summed E-state index contributed by atoms with van der Waals surface area (Å²) >= 11 is 8.65. The van der Waals surface area contributed by atoms with Gasteiger partial charge in [0.25, 0.3) is 0 Å². The van der Waals surface area contributed by atoms with Crippen LogP contribution in [0.1, 0.15) is 52.6 Å². The Labute approximate surface area is 213 Å². The minimum Gasteiger partial charge on any atom is -0.508 e. The minimum atomic E-state index is -0.444. The second-order valence-corrected chi connectivity index (χ2v) is 8.22. The molecule has 0 amide bonds. The zero-order valence-electron chi connectivity index (χ0n) is 19.1. The van der Waals surface area contributed by atoms with E-state index in [9.17, 15) is 19.8 Å². The summed E-state index contributed by atoms with van der Waals surface area (Å²) in [7, 11) is 2.62. The van der Waals surface area contributed by atoms with Gasteiger partial charge >= 0.3 is 11.9 Å². The number of halogens is 3. The number of rotatable bonds is 2. The maximum Gasteiger partial charge on any atom is 0.338 e. The fraction of sp³-hybridized carbons (Fsp3) is 0.364. The van der Waals surface area contributed by atoms with Crippen molar-refractivity contribution in [3.63, 3.8) is 0 Å². The third-order valence-electron chi connectivity index (χ3n) is 3.50. The van der Waals surface area contributed by atoms with Crippen LogP contribution >= 0.6 is 44.2 Å². The quantitative estimate of drug-likeness (QED) is 0.335. The average molecular weight is 644 g/mol. The molecule has 0 atom stereocenters. The third kappa shape index (κ3) is 12.4. The largest absolute Gasteiger partial charge is 0.508 e. The standard InChI is InChI=1S/C9H9BrO3.C9H10O3.C4H11N.Br2/c1-5-6(9(12)13-2)3-4-7(10)8(5)11;1-6-7(9(11)12-2)4-3-5-8(6)10;1-4(2,3)5;1-2/h3-4,11H,1-2H3;3-5,10H,1-2H3;5H2,1-3H3;. The molecule has 0 bridgehead atoms. The van der Waals surface area contributed by atoms with Gasteiger partial charge in [-0.15, -0.1) is 0 Å². The first kappa shape index (κ1) is 32.6. The minimum absolute atomic E-state index is 0. The van der Waals surface area contributed by atoms with Crippen LogP contribution in [0.3, 0.4) is 0 Å². The first-order valence-electron chi connectivity index (χ1n) is 9.11. The van der Waals surface area contributed by atoms with Crippen molar-refractivity contribution in [1.82, 2.24) is 0 Å². The SMILES string of the molecule is BrBr.CC(C)(C)N.COC(=O)c1ccc(Br)c(O)c1C.COC(=O)c1cccc(O)c1C. The van der Waals surface area contributed by atoms with Crippen LogP contribution < -0.4 is 5.73 Å². The Bertz CT molecular complexity index is 877. The van der Waals surface area contributed by atoms with Crippen molar-refractivity contribution in [3.05, 3.63) is 57.1 Å². The van der Waals surface area contributed by atoms with Crippen LogP contribution in [0, 0.1) is 13.8 Å². The molecule has 32 heavy (non-hydrogen) atoms. The molecule has 0 unspecified atom stereocenters. The van der Waals surface area contributed by atoms with Gasteiger partial charge in [-0.2, -0.15) is 0 Å². The average Bonchev–Trinajstić information content (AvgIpc) is 2.74. The van der Waals surface area contributed by atoms with E-state index in [-0.39, 0.29) is 17.0 Å². The number of methoxy groups -OCH3 is 2. The number of carbonyl (C=O) groups excluding carboxylic acids is 2. The summed E-state index contributed by atoms with van der Waals surface area (Å²) in [6.07, 6.45) is 0. The number of esters is 2. The Morgan fingerprint density at radius 1 is 0.875 bits per heavy atom. The first-order chi connectivity index (χ1) is 14.7. The van der Waals surface area contributed by atoms with Crippen LogP contribution in [0.4, 0.5) is 0 Å². The number of aromatic hydroxyl groups is 2. The molecule has 0 aliphatic carbocycles. The number of phenolic OH excluding ortho intramolecular Hbond substituents is 2. The molecule has 0 aromatic heterocycles. The molecule has 4 N–H and O–H groups in total. The van der Waals surface area contributed by atoms with Crippen LogP contribution in [-0.2, 0) is 9.47 Å². The van der Waals surface area contributed by atoms with Crippen molar-refractivity contribution in [2.75, 3.05) is 14.2 Å². The topological polar surface area (TPSA) is 119 Å². The molecule has 2 aromatic carbocycles. The molecule has 10 heteroatoms. The third-order valence-corrected chi connectivity index (χ3v) is 4.14. The molecule has 7 nitrogen and oxygen atoms in total. The number of benzene rings is 2. The van der Waals surface area contributed by atoms with Gasteiger partial charge < -0.3 is 25.4 Å². The van der Waals surface area contributed by atoms with E-state index in [4.69, 9.17) is 5.73 Å². The summed E-state index contributed by atoms with van der Waals surface area (Å²) in [6.45, 7) is 9.22. The second-order valence-electron chi connectivity index (χ2n) is 7.37. The van der Waals surface area contributed by atoms with Crippen molar-refractivity contribution in [1.29, 1.82) is 0 Å². The number of hydrogen-bond donors (Lipinski definition) is 3.